The highest BCUT2D eigenvalue weighted by Gasteiger charge is 2.07. The van der Waals surface area contributed by atoms with Gasteiger partial charge in [0.1, 0.15) is 0 Å². The number of hydrogen-bond acceptors (Lipinski definition) is 2. The minimum Gasteiger partial charge on any atom is -0.462 e. The van der Waals surface area contributed by atoms with Gasteiger partial charge in [0.05, 0.1) is 12.2 Å². The summed E-state index contributed by atoms with van der Waals surface area (Å²) in [5.74, 6) is 0.138. The number of hydrogen-bond donors (Lipinski definition) is 0. The van der Waals surface area contributed by atoms with Crippen molar-refractivity contribution in [2.24, 2.45) is 5.92 Å². The molecule has 0 aromatic heterocycles. The Kier molecular flexibility index (Phi) is 4.38. The van der Waals surface area contributed by atoms with Crippen LogP contribution in [0.2, 0.25) is 0 Å². The van der Waals surface area contributed by atoms with E-state index in [-0.39, 0.29) is 5.97 Å². The average Bonchev–Trinajstić information content (AvgIpc) is 2.14. The van der Waals surface area contributed by atoms with E-state index in [1.807, 2.05) is 32.0 Å². The molecule has 2 nitrogen and oxygen atoms in total. The Labute approximate surface area is 97.8 Å². The molecule has 0 bridgehead atoms. The van der Waals surface area contributed by atoms with E-state index in [4.69, 9.17) is 4.74 Å². The van der Waals surface area contributed by atoms with Crippen LogP contribution in [0.4, 0.5) is 0 Å². The summed E-state index contributed by atoms with van der Waals surface area (Å²) in [5.41, 5.74) is 0.623. The third kappa shape index (κ3) is 3.65. The Hall–Kier alpha value is -0.580. The molecule has 0 unspecified atom stereocenters. The second-order valence-electron chi connectivity index (χ2n) is 3.50. The van der Waals surface area contributed by atoms with Gasteiger partial charge in [-0.1, -0.05) is 19.9 Å². The molecule has 0 aliphatic heterocycles. The monoisotopic (exact) mass is 304 g/mol. The predicted molar refractivity (Wildman–Crippen MR) is 64.3 cm³/mol. The molecule has 76 valence electrons. The first kappa shape index (κ1) is 11.5. The van der Waals surface area contributed by atoms with Crippen molar-refractivity contribution in [1.82, 2.24) is 0 Å². The zero-order chi connectivity index (χ0) is 10.6. The Morgan fingerprint density at radius 3 is 2.79 bits per heavy atom. The molecule has 0 fully saturated rings. The van der Waals surface area contributed by atoms with Crippen LogP contribution < -0.4 is 0 Å². The first-order valence-electron chi connectivity index (χ1n) is 4.52. The van der Waals surface area contributed by atoms with Crippen molar-refractivity contribution in [1.29, 1.82) is 0 Å². The molecule has 0 heterocycles. The molecular weight excluding hydrogens is 291 g/mol. The number of rotatable bonds is 3. The molecule has 1 aromatic carbocycles. The van der Waals surface area contributed by atoms with Crippen molar-refractivity contribution in [2.75, 3.05) is 6.61 Å². The quantitative estimate of drug-likeness (QED) is 0.633. The topological polar surface area (TPSA) is 26.3 Å². The van der Waals surface area contributed by atoms with Crippen molar-refractivity contribution in [3.63, 3.8) is 0 Å². The molecular formula is C11H13IO2. The summed E-state index contributed by atoms with van der Waals surface area (Å²) >= 11 is 2.17. The van der Waals surface area contributed by atoms with Crippen LogP contribution in [-0.4, -0.2) is 12.6 Å². The fourth-order valence-corrected chi connectivity index (χ4v) is 1.48. The van der Waals surface area contributed by atoms with Gasteiger partial charge in [0.2, 0.25) is 0 Å². The summed E-state index contributed by atoms with van der Waals surface area (Å²) in [4.78, 5) is 11.5. The lowest BCUT2D eigenvalue weighted by Gasteiger charge is -2.06. The van der Waals surface area contributed by atoms with E-state index in [9.17, 15) is 4.79 Å². The van der Waals surface area contributed by atoms with Crippen LogP contribution >= 0.6 is 22.6 Å². The van der Waals surface area contributed by atoms with Crippen molar-refractivity contribution in [3.8, 4) is 0 Å². The minimum atomic E-state index is -0.239. The van der Waals surface area contributed by atoms with Crippen molar-refractivity contribution in [3.05, 3.63) is 33.4 Å². The number of esters is 1. The average molecular weight is 304 g/mol. The van der Waals surface area contributed by atoms with Gasteiger partial charge in [0.25, 0.3) is 0 Å². The van der Waals surface area contributed by atoms with Gasteiger partial charge in [-0.05, 0) is 46.7 Å². The molecule has 0 spiro atoms. The summed E-state index contributed by atoms with van der Waals surface area (Å²) < 4.78 is 6.15. The van der Waals surface area contributed by atoms with Crippen LogP contribution in [0.1, 0.15) is 24.2 Å². The van der Waals surface area contributed by atoms with Crippen molar-refractivity contribution >= 4 is 28.6 Å². The number of halogens is 1. The molecule has 1 aromatic rings. The number of benzene rings is 1. The molecule has 0 aliphatic carbocycles. The van der Waals surface area contributed by atoms with Gasteiger partial charge in [-0.25, -0.2) is 4.79 Å². The second kappa shape index (κ2) is 5.34. The summed E-state index contributed by atoms with van der Waals surface area (Å²) in [5, 5.41) is 0. The third-order valence-corrected chi connectivity index (χ3v) is 2.28. The van der Waals surface area contributed by atoms with E-state index < -0.39 is 0 Å². The van der Waals surface area contributed by atoms with Crippen LogP contribution in [0.3, 0.4) is 0 Å². The first-order chi connectivity index (χ1) is 6.59. The Balaban J connectivity index is 2.61. The lowest BCUT2D eigenvalue weighted by Crippen LogP contribution is -2.10. The smallest absolute Gasteiger partial charge is 0.338 e. The van der Waals surface area contributed by atoms with E-state index in [2.05, 4.69) is 22.6 Å². The first-order valence-corrected chi connectivity index (χ1v) is 5.60. The fourth-order valence-electron chi connectivity index (χ4n) is 0.941. The number of ether oxygens (including phenoxy) is 1. The van der Waals surface area contributed by atoms with Crippen molar-refractivity contribution < 1.29 is 9.53 Å². The van der Waals surface area contributed by atoms with Gasteiger partial charge < -0.3 is 4.74 Å². The predicted octanol–water partition coefficient (Wildman–Crippen LogP) is 3.10. The van der Waals surface area contributed by atoms with Gasteiger partial charge in [-0.15, -0.1) is 0 Å². The highest BCUT2D eigenvalue weighted by atomic mass is 127. The summed E-state index contributed by atoms with van der Waals surface area (Å²) in [7, 11) is 0. The van der Waals surface area contributed by atoms with E-state index in [0.717, 1.165) is 3.57 Å². The van der Waals surface area contributed by atoms with Crippen LogP contribution in [0, 0.1) is 9.49 Å². The van der Waals surface area contributed by atoms with Gasteiger partial charge in [0.15, 0.2) is 0 Å². The van der Waals surface area contributed by atoms with E-state index in [1.54, 1.807) is 6.07 Å². The summed E-state index contributed by atoms with van der Waals surface area (Å²) in [6, 6.07) is 7.39. The lowest BCUT2D eigenvalue weighted by molar-refractivity contribution is 0.0459. The second-order valence-corrected chi connectivity index (χ2v) is 4.75. The third-order valence-electron chi connectivity index (χ3n) is 1.61. The maximum Gasteiger partial charge on any atom is 0.338 e. The molecule has 0 saturated carbocycles. The summed E-state index contributed by atoms with van der Waals surface area (Å²) in [6.07, 6.45) is 0. The normalized spacial score (nSPS) is 10.3. The van der Waals surface area contributed by atoms with Crippen LogP contribution in [-0.2, 0) is 4.74 Å². The van der Waals surface area contributed by atoms with E-state index in [1.165, 1.54) is 0 Å². The van der Waals surface area contributed by atoms with E-state index in [0.29, 0.717) is 18.1 Å². The summed E-state index contributed by atoms with van der Waals surface area (Å²) in [6.45, 7) is 4.51. The minimum absolute atomic E-state index is 0.239. The molecule has 1 rings (SSSR count). The fraction of sp³-hybridized carbons (Fsp3) is 0.364. The zero-order valence-corrected chi connectivity index (χ0v) is 10.4. The van der Waals surface area contributed by atoms with E-state index >= 15 is 0 Å². The van der Waals surface area contributed by atoms with Gasteiger partial charge in [0, 0.05) is 3.57 Å². The molecule has 0 N–H and O–H groups in total. The number of carbonyl (C=O) groups excluding carboxylic acids is 1. The van der Waals surface area contributed by atoms with Crippen LogP contribution in [0.5, 0.6) is 0 Å². The van der Waals surface area contributed by atoms with Gasteiger partial charge in [-0.3, -0.25) is 0 Å². The highest BCUT2D eigenvalue weighted by Crippen LogP contribution is 2.09. The lowest BCUT2D eigenvalue weighted by atomic mass is 10.2. The van der Waals surface area contributed by atoms with Gasteiger partial charge >= 0.3 is 5.97 Å². The largest absolute Gasteiger partial charge is 0.462 e. The van der Waals surface area contributed by atoms with Gasteiger partial charge in [-0.2, -0.15) is 0 Å². The molecule has 0 aliphatic rings. The Morgan fingerprint density at radius 1 is 1.50 bits per heavy atom. The SMILES string of the molecule is CC(C)COC(=O)c1cccc(I)c1. The number of carbonyl (C=O) groups is 1. The Bertz CT molecular complexity index is 321. The standard InChI is InChI=1S/C11H13IO2/c1-8(2)7-14-11(13)9-4-3-5-10(12)6-9/h3-6,8H,7H2,1-2H3. The molecule has 0 atom stereocenters. The Morgan fingerprint density at radius 2 is 2.21 bits per heavy atom. The molecule has 0 saturated heterocycles. The van der Waals surface area contributed by atoms with Crippen LogP contribution in [0.25, 0.3) is 0 Å². The highest BCUT2D eigenvalue weighted by molar-refractivity contribution is 14.1. The maximum absolute atomic E-state index is 11.5. The molecule has 14 heavy (non-hydrogen) atoms. The van der Waals surface area contributed by atoms with Crippen LogP contribution in [0.15, 0.2) is 24.3 Å². The molecule has 3 heteroatoms. The van der Waals surface area contributed by atoms with Crippen molar-refractivity contribution in [2.45, 2.75) is 13.8 Å². The molecule has 0 radical (unpaired) electrons. The molecule has 0 amide bonds. The zero-order valence-electron chi connectivity index (χ0n) is 8.29. The maximum atomic E-state index is 11.5.